The van der Waals surface area contributed by atoms with Crippen LogP contribution >= 0.6 is 0 Å². The molecule has 0 aromatic heterocycles. The first kappa shape index (κ1) is 106. The average Bonchev–Trinajstić information content (AvgIpc) is 0.725. The first-order valence-corrected chi connectivity index (χ1v) is 53.2. The fraction of sp³-hybridized carbons (Fsp3) is 0.786. The zero-order chi connectivity index (χ0) is 85.1. The van der Waals surface area contributed by atoms with Crippen molar-refractivity contribution in [1.29, 1.82) is 0 Å². The van der Waals surface area contributed by atoms with E-state index in [1.165, 1.54) is 360 Å². The molecule has 0 amide bonds. The van der Waals surface area contributed by atoms with E-state index >= 15 is 0 Å². The predicted molar refractivity (Wildman–Crippen MR) is 524 cm³/mol. The van der Waals surface area contributed by atoms with E-state index in [-0.39, 0.29) is 0 Å². The van der Waals surface area contributed by atoms with Crippen molar-refractivity contribution in [3.63, 3.8) is 0 Å². The van der Waals surface area contributed by atoms with Crippen LogP contribution in [0, 0.1) is 0 Å². The van der Waals surface area contributed by atoms with Crippen LogP contribution in [0.2, 0.25) is 0 Å². The molecule has 8 heteroatoms. The van der Waals surface area contributed by atoms with Crippen molar-refractivity contribution >= 4 is 0 Å². The third-order valence-corrected chi connectivity index (χ3v) is 25.5. The van der Waals surface area contributed by atoms with Crippen molar-refractivity contribution in [2.24, 2.45) is 0 Å². The van der Waals surface area contributed by atoms with Gasteiger partial charge in [-0.05, 0) is 144 Å². The molecule has 0 saturated heterocycles. The monoisotopic (exact) mass is 1670 g/mol. The second kappa shape index (κ2) is 75.6. The molecule has 0 atom stereocenters. The number of unbranched alkanes of at least 4 members (excludes halogenated alkanes) is 64. The summed E-state index contributed by atoms with van der Waals surface area (Å²) in [5, 5.41) is 0. The molecule has 0 bridgehead atoms. The maximum atomic E-state index is 7.28. The summed E-state index contributed by atoms with van der Waals surface area (Å²) >= 11 is 0. The van der Waals surface area contributed by atoms with Crippen LogP contribution in [0.25, 0.3) is 44.5 Å². The molecule has 0 radical (unpaired) electrons. The van der Waals surface area contributed by atoms with Crippen molar-refractivity contribution in [3.8, 4) is 90.5 Å². The number of hydrogen-bond donors (Lipinski definition) is 0. The van der Waals surface area contributed by atoms with Gasteiger partial charge in [0.1, 0.15) is 0 Å². The van der Waals surface area contributed by atoms with Gasteiger partial charge in [-0.25, -0.2) is 0 Å². The van der Waals surface area contributed by atoms with Crippen LogP contribution in [0.3, 0.4) is 0 Å². The molecule has 0 saturated carbocycles. The highest BCUT2D eigenvalue weighted by atomic mass is 16.5. The molecule has 120 heavy (non-hydrogen) atoms. The first-order chi connectivity index (χ1) is 59.5. The molecule has 0 N–H and O–H groups in total. The Hall–Kier alpha value is -4.72. The third kappa shape index (κ3) is 48.7. The number of benzene rings is 4. The van der Waals surface area contributed by atoms with Gasteiger partial charge < -0.3 is 37.9 Å². The normalized spacial score (nSPS) is 11.7. The molecule has 1 aliphatic carbocycles. The van der Waals surface area contributed by atoms with Crippen LogP contribution in [0.1, 0.15) is 518 Å². The lowest BCUT2D eigenvalue weighted by Gasteiger charge is -2.28. The van der Waals surface area contributed by atoms with Crippen LogP contribution in [-0.4, -0.2) is 52.9 Å². The number of hydrogen-bond acceptors (Lipinski definition) is 8. The Morgan fingerprint density at radius 2 is 0.183 bits per heavy atom. The molecular weight excluding hydrogens is 1470 g/mol. The number of ether oxygens (including phenoxy) is 8. The van der Waals surface area contributed by atoms with E-state index in [1.54, 1.807) is 0 Å². The quantitative estimate of drug-likeness (QED) is 0.0357. The van der Waals surface area contributed by atoms with Crippen molar-refractivity contribution < 1.29 is 37.9 Å². The molecule has 688 valence electrons. The second-order valence-electron chi connectivity index (χ2n) is 36.8. The van der Waals surface area contributed by atoms with E-state index in [0.717, 1.165) is 193 Å². The maximum Gasteiger partial charge on any atom is 0.161 e. The van der Waals surface area contributed by atoms with E-state index < -0.39 is 0 Å². The molecule has 0 fully saturated rings. The van der Waals surface area contributed by atoms with Crippen molar-refractivity contribution in [2.45, 2.75) is 518 Å². The van der Waals surface area contributed by atoms with Gasteiger partial charge in [-0.1, -0.05) is 466 Å². The van der Waals surface area contributed by atoms with Crippen LogP contribution in [0.15, 0.2) is 48.5 Å². The fourth-order valence-corrected chi connectivity index (χ4v) is 17.7. The SMILES string of the molecule is CCCCCCCCCCCOc1cc2c(cc1OCCCCCCCCCCC)-c1cc(OCCCCCCCCCCC)c(OCCCCCCCCCCC)cc1-c1cc(OCCCCCCCCCCC)c(OCCCCCCCCCCC)cc1-c1cc(OCCCCCCCCCCC)c(OCCCCCCCCCCC)cc1-2. The average molecular weight is 1670 g/mol. The lowest BCUT2D eigenvalue weighted by atomic mass is 9.80. The molecule has 0 heterocycles. The number of rotatable bonds is 88. The van der Waals surface area contributed by atoms with Gasteiger partial charge in [0.05, 0.1) is 52.9 Å². The molecule has 0 unspecified atom stereocenters. The summed E-state index contributed by atoms with van der Waals surface area (Å²) < 4.78 is 58.3. The van der Waals surface area contributed by atoms with Crippen LogP contribution in [0.5, 0.6) is 46.0 Å². The van der Waals surface area contributed by atoms with E-state index in [9.17, 15) is 0 Å². The molecule has 0 spiro atoms. The lowest BCUT2D eigenvalue weighted by Crippen LogP contribution is -2.08. The molecule has 1 aliphatic rings. The highest BCUT2D eigenvalue weighted by Gasteiger charge is 2.31. The van der Waals surface area contributed by atoms with E-state index in [4.69, 9.17) is 37.9 Å². The summed E-state index contributed by atoms with van der Waals surface area (Å²) in [6, 6.07) is 19.0. The van der Waals surface area contributed by atoms with E-state index in [2.05, 4.69) is 104 Å². The highest BCUT2D eigenvalue weighted by molar-refractivity contribution is 6.06. The van der Waals surface area contributed by atoms with Crippen molar-refractivity contribution in [3.05, 3.63) is 48.5 Å². The predicted octanol–water partition coefficient (Wildman–Crippen LogP) is 37.9. The molecule has 5 rings (SSSR count). The van der Waals surface area contributed by atoms with E-state index in [1.807, 2.05) is 0 Å². The Morgan fingerprint density at radius 3 is 0.267 bits per heavy atom. The first-order valence-electron chi connectivity index (χ1n) is 53.2. The van der Waals surface area contributed by atoms with Crippen LogP contribution < -0.4 is 37.9 Å². The van der Waals surface area contributed by atoms with Gasteiger partial charge in [-0.15, -0.1) is 0 Å². The van der Waals surface area contributed by atoms with Crippen molar-refractivity contribution in [1.82, 2.24) is 0 Å². The summed E-state index contributed by atoms with van der Waals surface area (Å²) in [5.41, 5.74) is 8.70. The molecular formula is C112H192O8. The zero-order valence-electron chi connectivity index (χ0n) is 80.5. The van der Waals surface area contributed by atoms with Gasteiger partial charge in [0, 0.05) is 0 Å². The molecule has 0 aliphatic heterocycles. The maximum absolute atomic E-state index is 7.28. The highest BCUT2D eigenvalue weighted by Crippen LogP contribution is 2.56. The zero-order valence-corrected chi connectivity index (χ0v) is 80.5. The second-order valence-corrected chi connectivity index (χ2v) is 36.8. The molecule has 8 nitrogen and oxygen atoms in total. The summed E-state index contributed by atoms with van der Waals surface area (Å²) in [4.78, 5) is 0. The van der Waals surface area contributed by atoms with Gasteiger partial charge in [-0.2, -0.15) is 0 Å². The van der Waals surface area contributed by atoms with Crippen LogP contribution in [-0.2, 0) is 0 Å². The van der Waals surface area contributed by atoms with Crippen LogP contribution in [0.4, 0.5) is 0 Å². The Balaban J connectivity index is 1.82. The Labute approximate surface area is 743 Å². The summed E-state index contributed by atoms with van der Waals surface area (Å²) in [5.74, 6) is 6.51. The minimum Gasteiger partial charge on any atom is -0.490 e. The Morgan fingerprint density at radius 1 is 0.108 bits per heavy atom. The lowest BCUT2D eigenvalue weighted by molar-refractivity contribution is 0.258. The summed E-state index contributed by atoms with van der Waals surface area (Å²) in [7, 11) is 0. The summed E-state index contributed by atoms with van der Waals surface area (Å²) in [6.07, 6.45) is 90.6. The smallest absolute Gasteiger partial charge is 0.161 e. The standard InChI is InChI=1S/C112H192O8/c1-9-17-25-33-41-49-57-65-73-81-113-105-89-97-98(90-106(105)114-82-74-66-58-50-42-34-26-18-10-2)100-92-108(116-84-76-68-60-52-44-36-28-20-12-4)110(118-86-78-70-62-54-46-38-30-22-14-6)94-102(100)104-96-112(120-88-80-72-64-56-48-40-32-24-16-8)111(119-87-79-71-63-55-47-39-31-23-15-7)95-103(104)101-93-109(117-85-77-69-61-53-45-37-29-21-13-5)107(91-99(97)101)115-83-75-67-59-51-43-35-27-19-11-3/h89-96H,9-88H2,1-8H3. The van der Waals surface area contributed by atoms with Gasteiger partial charge in [-0.3, -0.25) is 0 Å². The van der Waals surface area contributed by atoms with Gasteiger partial charge in [0.25, 0.3) is 0 Å². The Bertz CT molecular complexity index is 2380. The van der Waals surface area contributed by atoms with E-state index in [0.29, 0.717) is 52.9 Å². The fourth-order valence-electron chi connectivity index (χ4n) is 17.7. The minimum atomic E-state index is 0.631. The van der Waals surface area contributed by atoms with Gasteiger partial charge >= 0.3 is 0 Å². The minimum absolute atomic E-state index is 0.631. The third-order valence-electron chi connectivity index (χ3n) is 25.5. The largest absolute Gasteiger partial charge is 0.490 e. The van der Waals surface area contributed by atoms with Gasteiger partial charge in [0.2, 0.25) is 0 Å². The summed E-state index contributed by atoms with van der Waals surface area (Å²) in [6.45, 7) is 23.6. The molecule has 4 aromatic carbocycles. The Kier molecular flexibility index (Phi) is 66.7. The number of fused-ring (bicyclic) bond motifs is 8. The molecule has 4 aromatic rings. The van der Waals surface area contributed by atoms with Gasteiger partial charge in [0.15, 0.2) is 46.0 Å². The van der Waals surface area contributed by atoms with Crippen molar-refractivity contribution in [2.75, 3.05) is 52.9 Å². The topological polar surface area (TPSA) is 73.8 Å².